The quantitative estimate of drug-likeness (QED) is 0.0938. The number of unbranched alkanes of at least 4 members (excludes halogenated alkanes) is 2. The first-order valence-electron chi connectivity index (χ1n) is 21.5. The van der Waals surface area contributed by atoms with Crippen LogP contribution < -0.4 is 25.4 Å². The summed E-state index contributed by atoms with van der Waals surface area (Å²) >= 11 is 0. The first-order valence-corrected chi connectivity index (χ1v) is 21.5. The summed E-state index contributed by atoms with van der Waals surface area (Å²) in [6.45, 7) is 12.3. The lowest BCUT2D eigenvalue weighted by molar-refractivity contribution is -0.128. The Bertz CT molecular complexity index is 2010. The fraction of sp³-hybridized carbons (Fsp3) is 0.438. The maximum atomic E-state index is 12.8. The molecule has 12 heteroatoms. The van der Waals surface area contributed by atoms with Gasteiger partial charge in [0.1, 0.15) is 11.5 Å². The highest BCUT2D eigenvalue weighted by molar-refractivity contribution is 5.91. The van der Waals surface area contributed by atoms with E-state index in [1.807, 2.05) is 77.7 Å². The van der Waals surface area contributed by atoms with E-state index in [9.17, 15) is 14.4 Å². The van der Waals surface area contributed by atoms with Crippen molar-refractivity contribution in [3.05, 3.63) is 84.9 Å². The maximum absolute atomic E-state index is 12.8. The lowest BCUT2D eigenvalue weighted by Crippen LogP contribution is -2.44. The van der Waals surface area contributed by atoms with Crippen LogP contribution in [-0.4, -0.2) is 131 Å². The number of urea groups is 1. The highest BCUT2D eigenvalue weighted by atomic mass is 16.5. The van der Waals surface area contributed by atoms with Crippen LogP contribution in [0.3, 0.4) is 0 Å². The number of nitrogens with zero attached hydrogens (tertiary/aromatic N) is 4. The SMILES string of the molecule is COc1cc(-c2ccc(NC(=O)NCCCCN3CCN(C)CC3)cc2)cc(-c2ccc(OC)c(-c3ccc(NC(=O)CCCCN4CCCN(C(C)=O)CC4)cc3)c2)c1. The molecule has 0 unspecified atom stereocenters. The Morgan fingerprint density at radius 2 is 1.22 bits per heavy atom. The molecule has 6 rings (SSSR count). The number of carbonyl (C=O) groups is 3. The summed E-state index contributed by atoms with van der Waals surface area (Å²) in [5, 5.41) is 9.01. The van der Waals surface area contributed by atoms with Gasteiger partial charge in [0.25, 0.3) is 0 Å². The molecule has 4 amide bonds. The van der Waals surface area contributed by atoms with Crippen LogP contribution in [-0.2, 0) is 9.59 Å². The number of amides is 4. The summed E-state index contributed by atoms with van der Waals surface area (Å²) in [6, 6.07) is 27.8. The van der Waals surface area contributed by atoms with Gasteiger partial charge >= 0.3 is 6.03 Å². The highest BCUT2D eigenvalue weighted by Gasteiger charge is 2.17. The Kier molecular flexibility index (Phi) is 16.4. The van der Waals surface area contributed by atoms with E-state index in [1.165, 1.54) is 0 Å². The Labute approximate surface area is 356 Å². The number of nitrogens with one attached hydrogen (secondary N) is 3. The minimum atomic E-state index is -0.198. The van der Waals surface area contributed by atoms with Crippen molar-refractivity contribution in [2.24, 2.45) is 0 Å². The van der Waals surface area contributed by atoms with E-state index >= 15 is 0 Å². The Hall–Kier alpha value is -5.43. The first kappa shape index (κ1) is 44.1. The topological polar surface area (TPSA) is 119 Å². The third-order valence-corrected chi connectivity index (χ3v) is 11.6. The van der Waals surface area contributed by atoms with Crippen LogP contribution in [0.5, 0.6) is 11.5 Å². The van der Waals surface area contributed by atoms with Gasteiger partial charge in [-0.3, -0.25) is 9.59 Å². The molecule has 0 radical (unpaired) electrons. The fourth-order valence-electron chi connectivity index (χ4n) is 7.91. The van der Waals surface area contributed by atoms with Gasteiger partial charge in [-0.2, -0.15) is 0 Å². The summed E-state index contributed by atoms with van der Waals surface area (Å²) < 4.78 is 11.5. The van der Waals surface area contributed by atoms with Crippen molar-refractivity contribution in [2.45, 2.75) is 45.4 Å². The number of likely N-dealkylation sites (N-methyl/N-ethyl adjacent to an activating group) is 1. The molecule has 320 valence electrons. The normalized spacial score (nSPS) is 15.2. The summed E-state index contributed by atoms with van der Waals surface area (Å²) in [4.78, 5) is 46.3. The fourth-order valence-corrected chi connectivity index (χ4v) is 7.91. The molecule has 0 atom stereocenters. The van der Waals surface area contributed by atoms with Crippen LogP contribution in [0.1, 0.15) is 45.4 Å². The van der Waals surface area contributed by atoms with E-state index in [2.05, 4.69) is 49.8 Å². The molecule has 2 heterocycles. The van der Waals surface area contributed by atoms with E-state index in [1.54, 1.807) is 21.1 Å². The number of hydrogen-bond acceptors (Lipinski definition) is 8. The Balaban J connectivity index is 1.02. The van der Waals surface area contributed by atoms with Crippen molar-refractivity contribution in [1.29, 1.82) is 0 Å². The van der Waals surface area contributed by atoms with Crippen molar-refractivity contribution >= 4 is 29.2 Å². The van der Waals surface area contributed by atoms with Gasteiger partial charge in [-0.25, -0.2) is 4.79 Å². The molecule has 3 N–H and O–H groups in total. The van der Waals surface area contributed by atoms with Crippen molar-refractivity contribution in [1.82, 2.24) is 24.9 Å². The zero-order valence-corrected chi connectivity index (χ0v) is 35.9. The zero-order chi connectivity index (χ0) is 42.3. The molecular formula is C48H63N7O5. The smallest absolute Gasteiger partial charge is 0.319 e. The number of rotatable bonds is 17. The second-order valence-corrected chi connectivity index (χ2v) is 16.0. The second-order valence-electron chi connectivity index (χ2n) is 16.0. The average molecular weight is 818 g/mol. The Morgan fingerprint density at radius 1 is 0.600 bits per heavy atom. The number of hydrogen-bond donors (Lipinski definition) is 3. The predicted octanol–water partition coefficient (Wildman–Crippen LogP) is 7.52. The van der Waals surface area contributed by atoms with E-state index in [0.717, 1.165) is 154 Å². The van der Waals surface area contributed by atoms with Gasteiger partial charge in [0.15, 0.2) is 0 Å². The van der Waals surface area contributed by atoms with Crippen molar-refractivity contribution in [3.8, 4) is 44.9 Å². The summed E-state index contributed by atoms with van der Waals surface area (Å²) in [7, 11) is 5.51. The van der Waals surface area contributed by atoms with E-state index in [-0.39, 0.29) is 17.8 Å². The van der Waals surface area contributed by atoms with Crippen LogP contribution >= 0.6 is 0 Å². The molecule has 0 bridgehead atoms. The molecule has 2 fully saturated rings. The second kappa shape index (κ2) is 22.3. The molecule has 0 spiro atoms. The molecular weight excluding hydrogens is 755 g/mol. The number of carbonyl (C=O) groups excluding carboxylic acids is 3. The summed E-state index contributed by atoms with van der Waals surface area (Å²) in [5.74, 6) is 1.63. The highest BCUT2D eigenvalue weighted by Crippen LogP contribution is 2.38. The monoisotopic (exact) mass is 817 g/mol. The van der Waals surface area contributed by atoms with Gasteiger partial charge < -0.3 is 45.0 Å². The Morgan fingerprint density at radius 3 is 1.90 bits per heavy atom. The van der Waals surface area contributed by atoms with Crippen LogP contribution in [0.4, 0.5) is 16.2 Å². The third-order valence-electron chi connectivity index (χ3n) is 11.6. The van der Waals surface area contributed by atoms with Gasteiger partial charge in [-0.15, -0.1) is 0 Å². The minimum absolute atomic E-state index is 0.00383. The summed E-state index contributed by atoms with van der Waals surface area (Å²) in [6.07, 6.45) is 5.23. The van der Waals surface area contributed by atoms with Crippen molar-refractivity contribution in [3.63, 3.8) is 0 Å². The molecule has 4 aromatic carbocycles. The molecule has 0 aromatic heterocycles. The van der Waals surface area contributed by atoms with Crippen LogP contribution in [0.25, 0.3) is 33.4 Å². The molecule has 0 aliphatic carbocycles. The summed E-state index contributed by atoms with van der Waals surface area (Å²) in [5.41, 5.74) is 7.35. The number of piperazine rings is 1. The molecule has 2 aliphatic heterocycles. The number of anilines is 2. The average Bonchev–Trinajstić information content (AvgIpc) is 3.52. The van der Waals surface area contributed by atoms with Crippen molar-refractivity contribution < 1.29 is 23.9 Å². The van der Waals surface area contributed by atoms with Gasteiger partial charge in [0.05, 0.1) is 14.2 Å². The van der Waals surface area contributed by atoms with Gasteiger partial charge in [0, 0.05) is 82.6 Å². The minimum Gasteiger partial charge on any atom is -0.497 e. The lowest BCUT2D eigenvalue weighted by atomic mass is 9.95. The maximum Gasteiger partial charge on any atom is 0.319 e. The van der Waals surface area contributed by atoms with Crippen LogP contribution in [0.2, 0.25) is 0 Å². The molecule has 4 aromatic rings. The van der Waals surface area contributed by atoms with E-state index in [0.29, 0.717) is 13.0 Å². The molecule has 12 nitrogen and oxygen atoms in total. The standard InChI is InChI=1S/C48H63N7O5/c1-36(56)55-25-9-24-53(30-31-55)22-7-5-10-47(57)50-42-18-13-38(14-19-42)45-35-39(15-20-46(45)60-4)41-32-40(33-44(34-41)59-3)37-11-16-43(17-12-37)51-48(58)49-21-6-8-23-54-28-26-52(2)27-29-54/h11-20,32-35H,5-10,21-31H2,1-4H3,(H,50,57)(H2,49,51,58). The molecule has 2 aliphatic rings. The van der Waals surface area contributed by atoms with Gasteiger partial charge in [0.2, 0.25) is 11.8 Å². The van der Waals surface area contributed by atoms with Crippen LogP contribution in [0.15, 0.2) is 84.9 Å². The van der Waals surface area contributed by atoms with Crippen molar-refractivity contribution in [2.75, 3.05) is 104 Å². The first-order chi connectivity index (χ1) is 29.2. The zero-order valence-electron chi connectivity index (χ0n) is 35.9. The lowest BCUT2D eigenvalue weighted by Gasteiger charge is -2.32. The number of benzene rings is 4. The number of ether oxygens (including phenoxy) is 2. The van der Waals surface area contributed by atoms with Crippen LogP contribution in [0, 0.1) is 0 Å². The number of methoxy groups -OCH3 is 2. The molecule has 60 heavy (non-hydrogen) atoms. The largest absolute Gasteiger partial charge is 0.497 e. The van der Waals surface area contributed by atoms with Gasteiger partial charge in [-0.05, 0) is 141 Å². The third kappa shape index (κ3) is 13.0. The molecule has 2 saturated heterocycles. The molecule has 0 saturated carbocycles. The predicted molar refractivity (Wildman–Crippen MR) is 242 cm³/mol. The van der Waals surface area contributed by atoms with Gasteiger partial charge in [-0.1, -0.05) is 30.3 Å². The van der Waals surface area contributed by atoms with E-state index < -0.39 is 0 Å². The van der Waals surface area contributed by atoms with E-state index in [4.69, 9.17) is 9.47 Å².